The van der Waals surface area contributed by atoms with Gasteiger partial charge in [0, 0.05) is 7.11 Å². The maximum absolute atomic E-state index is 13.2. The van der Waals surface area contributed by atoms with Gasteiger partial charge in [-0.1, -0.05) is 12.1 Å². The van der Waals surface area contributed by atoms with Crippen molar-refractivity contribution in [3.8, 4) is 11.8 Å². The Labute approximate surface area is 167 Å². The van der Waals surface area contributed by atoms with Gasteiger partial charge in [-0.05, 0) is 19.1 Å². The molecule has 0 unspecified atom stereocenters. The lowest BCUT2D eigenvalue weighted by Gasteiger charge is -2.20. The van der Waals surface area contributed by atoms with E-state index in [0.29, 0.717) is 6.61 Å². The number of sulfonamides is 1. The predicted octanol–water partition coefficient (Wildman–Crippen LogP) is 0.462. The largest absolute Gasteiger partial charge is 0.467 e. The zero-order valence-corrected chi connectivity index (χ0v) is 16.9. The van der Waals surface area contributed by atoms with Gasteiger partial charge in [-0.3, -0.25) is 0 Å². The van der Waals surface area contributed by atoms with Gasteiger partial charge >= 0.3 is 12.0 Å². The van der Waals surface area contributed by atoms with Crippen LogP contribution in [0.4, 0.5) is 10.7 Å². The fourth-order valence-electron chi connectivity index (χ4n) is 2.14. The number of para-hydroxylation sites is 1. The Morgan fingerprint density at radius 2 is 1.86 bits per heavy atom. The number of rotatable bonds is 10. The van der Waals surface area contributed by atoms with Crippen molar-refractivity contribution in [2.45, 2.75) is 11.8 Å². The highest BCUT2D eigenvalue weighted by atomic mass is 32.2. The molecule has 0 fully saturated rings. The first kappa shape index (κ1) is 22.3. The van der Waals surface area contributed by atoms with Crippen LogP contribution in [0, 0.1) is 6.92 Å². The average molecular weight is 427 g/mol. The molecule has 2 amide bonds. The molecule has 0 saturated heterocycles. The Morgan fingerprint density at radius 1 is 1.14 bits per heavy atom. The van der Waals surface area contributed by atoms with Crippen LogP contribution in [0.5, 0.6) is 11.8 Å². The molecule has 0 atom stereocenters. The number of carbonyl (C=O) groups excluding carboxylic acids is 1. The summed E-state index contributed by atoms with van der Waals surface area (Å²) in [6.07, 6.45) is 0. The number of aryl methyl sites for hydroxylation is 1. The van der Waals surface area contributed by atoms with Crippen molar-refractivity contribution in [2.24, 2.45) is 5.73 Å². The summed E-state index contributed by atoms with van der Waals surface area (Å²) in [5.74, 6) is -0.425. The van der Waals surface area contributed by atoms with Gasteiger partial charge < -0.3 is 24.7 Å². The third-order valence-corrected chi connectivity index (χ3v) is 5.09. The van der Waals surface area contributed by atoms with Crippen molar-refractivity contribution in [1.29, 1.82) is 0 Å². The number of amides is 2. The number of benzene rings is 1. The molecule has 29 heavy (non-hydrogen) atoms. The van der Waals surface area contributed by atoms with Crippen molar-refractivity contribution < 1.29 is 32.2 Å². The molecular weight excluding hydrogens is 406 g/mol. The van der Waals surface area contributed by atoms with Crippen molar-refractivity contribution in [2.75, 3.05) is 38.5 Å². The summed E-state index contributed by atoms with van der Waals surface area (Å²) < 4.78 is 46.9. The SMILES string of the molecule is COCCOCOc1ccccc1S(=O)(=O)N(C(N)=O)c1nc(C)nc(OC)n1. The monoisotopic (exact) mass is 427 g/mol. The summed E-state index contributed by atoms with van der Waals surface area (Å²) in [6, 6.07) is 4.19. The number of hydrogen-bond donors (Lipinski definition) is 1. The van der Waals surface area contributed by atoms with E-state index in [0.717, 1.165) is 0 Å². The summed E-state index contributed by atoms with van der Waals surface area (Å²) in [5.41, 5.74) is 5.33. The molecular formula is C16H21N5O7S. The quantitative estimate of drug-likeness (QED) is 0.417. The summed E-state index contributed by atoms with van der Waals surface area (Å²) in [6.45, 7) is 1.85. The second kappa shape index (κ2) is 9.95. The number of anilines is 1. The van der Waals surface area contributed by atoms with Crippen LogP contribution < -0.4 is 19.5 Å². The number of urea groups is 1. The molecule has 2 N–H and O–H groups in total. The molecule has 0 aliphatic heterocycles. The zero-order valence-electron chi connectivity index (χ0n) is 16.1. The number of ether oxygens (including phenoxy) is 4. The highest BCUT2D eigenvalue weighted by Gasteiger charge is 2.35. The topological polar surface area (TPSA) is 156 Å². The molecule has 1 aromatic carbocycles. The van der Waals surface area contributed by atoms with Crippen LogP contribution in [0.1, 0.15) is 5.82 Å². The van der Waals surface area contributed by atoms with E-state index in [4.69, 9.17) is 24.7 Å². The zero-order chi connectivity index (χ0) is 21.4. The minimum absolute atomic E-state index is 0.0473. The number of primary amides is 1. The van der Waals surface area contributed by atoms with Crippen LogP contribution in [0.15, 0.2) is 29.2 Å². The molecule has 0 saturated carbocycles. The molecule has 12 nitrogen and oxygen atoms in total. The maximum Gasteiger partial charge on any atom is 0.336 e. The standard InChI is InChI=1S/C16H21N5O7S/c1-11-18-15(20-16(19-11)26-3)21(14(17)22)29(23,24)13-7-5-4-6-12(13)28-10-27-9-8-25-2/h4-7H,8-10H2,1-3H3,(H2,17,22). The van der Waals surface area contributed by atoms with Gasteiger partial charge in [0.05, 0.1) is 20.3 Å². The molecule has 0 radical (unpaired) electrons. The Kier molecular flexibility index (Phi) is 7.64. The van der Waals surface area contributed by atoms with Gasteiger partial charge in [-0.15, -0.1) is 4.31 Å². The minimum Gasteiger partial charge on any atom is -0.467 e. The third kappa shape index (κ3) is 5.49. The first-order valence-corrected chi connectivity index (χ1v) is 9.65. The lowest BCUT2D eigenvalue weighted by atomic mass is 10.3. The van der Waals surface area contributed by atoms with Crippen LogP contribution in [-0.4, -0.2) is 63.6 Å². The van der Waals surface area contributed by atoms with E-state index in [2.05, 4.69) is 15.0 Å². The highest BCUT2D eigenvalue weighted by molar-refractivity contribution is 7.93. The molecule has 0 bridgehead atoms. The van der Waals surface area contributed by atoms with E-state index in [1.807, 2.05) is 0 Å². The molecule has 0 aliphatic rings. The van der Waals surface area contributed by atoms with Crippen molar-refractivity contribution in [3.63, 3.8) is 0 Å². The predicted molar refractivity (Wildman–Crippen MR) is 100 cm³/mol. The average Bonchev–Trinajstić information content (AvgIpc) is 2.67. The van der Waals surface area contributed by atoms with Crippen LogP contribution in [0.2, 0.25) is 0 Å². The van der Waals surface area contributed by atoms with E-state index < -0.39 is 22.0 Å². The Morgan fingerprint density at radius 3 is 2.52 bits per heavy atom. The van der Waals surface area contributed by atoms with Gasteiger partial charge in [0.1, 0.15) is 16.5 Å². The summed E-state index contributed by atoms with van der Waals surface area (Å²) in [4.78, 5) is 23.3. The number of carbonyl (C=O) groups is 1. The second-order valence-corrected chi connectivity index (χ2v) is 7.14. The molecule has 0 spiro atoms. The van der Waals surface area contributed by atoms with Gasteiger partial charge in [-0.2, -0.15) is 15.0 Å². The van der Waals surface area contributed by atoms with E-state index in [9.17, 15) is 13.2 Å². The smallest absolute Gasteiger partial charge is 0.336 e. The fraction of sp³-hybridized carbons (Fsp3) is 0.375. The molecule has 2 rings (SSSR count). The highest BCUT2D eigenvalue weighted by Crippen LogP contribution is 2.29. The molecule has 2 aromatic rings. The van der Waals surface area contributed by atoms with E-state index in [-0.39, 0.29) is 40.2 Å². The van der Waals surface area contributed by atoms with E-state index >= 15 is 0 Å². The van der Waals surface area contributed by atoms with Crippen LogP contribution in [0.25, 0.3) is 0 Å². The summed E-state index contributed by atoms with van der Waals surface area (Å²) in [5, 5.41) is 0. The number of hydrogen-bond acceptors (Lipinski definition) is 10. The summed E-state index contributed by atoms with van der Waals surface area (Å²) in [7, 11) is -1.73. The minimum atomic E-state index is -4.53. The van der Waals surface area contributed by atoms with Crippen LogP contribution in [0.3, 0.4) is 0 Å². The van der Waals surface area contributed by atoms with Gasteiger partial charge in [0.15, 0.2) is 6.79 Å². The maximum atomic E-state index is 13.2. The van der Waals surface area contributed by atoms with Crippen LogP contribution >= 0.6 is 0 Å². The van der Waals surface area contributed by atoms with E-state index in [1.54, 1.807) is 6.07 Å². The molecule has 1 heterocycles. The van der Waals surface area contributed by atoms with Crippen molar-refractivity contribution in [3.05, 3.63) is 30.1 Å². The Hall–Kier alpha value is -3.03. The van der Waals surface area contributed by atoms with Gasteiger partial charge in [0.25, 0.3) is 16.0 Å². The molecule has 0 aliphatic carbocycles. The second-order valence-electron chi connectivity index (χ2n) is 5.39. The van der Waals surface area contributed by atoms with E-state index in [1.165, 1.54) is 39.3 Å². The number of nitrogens with two attached hydrogens (primary N) is 1. The number of methoxy groups -OCH3 is 2. The Balaban J connectivity index is 2.41. The third-order valence-electron chi connectivity index (χ3n) is 3.38. The number of nitrogens with zero attached hydrogens (tertiary/aromatic N) is 4. The van der Waals surface area contributed by atoms with Crippen molar-refractivity contribution in [1.82, 2.24) is 15.0 Å². The van der Waals surface area contributed by atoms with Gasteiger partial charge in [0.2, 0.25) is 0 Å². The first-order chi connectivity index (χ1) is 13.8. The molecule has 1 aromatic heterocycles. The normalized spacial score (nSPS) is 11.1. The lowest BCUT2D eigenvalue weighted by molar-refractivity contribution is -0.00971. The molecule has 13 heteroatoms. The first-order valence-electron chi connectivity index (χ1n) is 8.21. The summed E-state index contributed by atoms with van der Waals surface area (Å²) >= 11 is 0. The number of aromatic nitrogens is 3. The Bertz CT molecular complexity index is 954. The van der Waals surface area contributed by atoms with Crippen molar-refractivity contribution >= 4 is 22.0 Å². The molecule has 158 valence electrons. The van der Waals surface area contributed by atoms with Gasteiger partial charge in [-0.25, -0.2) is 13.2 Å². The van der Waals surface area contributed by atoms with Crippen LogP contribution in [-0.2, 0) is 19.5 Å². The fourth-order valence-corrected chi connectivity index (χ4v) is 3.50. The lowest BCUT2D eigenvalue weighted by Crippen LogP contribution is -2.42.